The molecule has 1 aliphatic rings. The molecule has 0 radical (unpaired) electrons. The van der Waals surface area contributed by atoms with Crippen molar-refractivity contribution in [3.05, 3.63) is 66.2 Å². The van der Waals surface area contributed by atoms with Crippen molar-refractivity contribution < 1.29 is 5.11 Å². The molecule has 0 saturated carbocycles. The summed E-state index contributed by atoms with van der Waals surface area (Å²) in [5, 5.41) is 12.4. The van der Waals surface area contributed by atoms with Crippen LogP contribution in [0.4, 0.5) is 11.4 Å². The van der Waals surface area contributed by atoms with E-state index in [1.165, 1.54) is 5.39 Å². The van der Waals surface area contributed by atoms with Crippen molar-refractivity contribution >= 4 is 28.0 Å². The third-order valence-corrected chi connectivity index (χ3v) is 3.91. The first-order valence-corrected chi connectivity index (χ1v) is 6.88. The molecule has 0 saturated heterocycles. The van der Waals surface area contributed by atoms with E-state index >= 15 is 0 Å². The summed E-state index contributed by atoms with van der Waals surface area (Å²) >= 11 is 0. The van der Waals surface area contributed by atoms with Crippen LogP contribution in [0.25, 0.3) is 10.8 Å². The fraction of sp³-hybridized carbons (Fsp3) is 0.0556. The van der Waals surface area contributed by atoms with Crippen LogP contribution in [0.5, 0.6) is 5.75 Å². The summed E-state index contributed by atoms with van der Waals surface area (Å²) in [4.78, 5) is 6.79. The maximum Gasteiger partial charge on any atom is 0.144 e. The number of nitrogens with zero attached hydrogens (tertiary/aromatic N) is 2. The van der Waals surface area contributed by atoms with Crippen molar-refractivity contribution in [3.8, 4) is 5.75 Å². The van der Waals surface area contributed by atoms with E-state index in [0.29, 0.717) is 0 Å². The van der Waals surface area contributed by atoms with Crippen molar-refractivity contribution in [2.45, 2.75) is 0 Å². The average Bonchev–Trinajstić information content (AvgIpc) is 2.52. The van der Waals surface area contributed by atoms with Crippen LogP contribution >= 0.6 is 0 Å². The summed E-state index contributed by atoms with van der Waals surface area (Å²) in [6.07, 6.45) is 0. The zero-order valence-corrected chi connectivity index (χ0v) is 11.6. The number of aromatic hydroxyl groups is 1. The Morgan fingerprint density at radius 2 is 1.67 bits per heavy atom. The molecule has 0 atom stereocenters. The smallest absolute Gasteiger partial charge is 0.144 e. The van der Waals surface area contributed by atoms with Crippen LogP contribution in [0, 0.1) is 0 Å². The largest absolute Gasteiger partial charge is 0.507 e. The highest BCUT2D eigenvalue weighted by Gasteiger charge is 2.22. The van der Waals surface area contributed by atoms with Gasteiger partial charge in [0.05, 0.1) is 16.9 Å². The normalized spacial score (nSPS) is 13.4. The highest BCUT2D eigenvalue weighted by Crippen LogP contribution is 2.39. The summed E-state index contributed by atoms with van der Waals surface area (Å²) in [5.74, 6) is 1.01. The SMILES string of the molecule is CN1C(c2ccccc2O)=Nc2cccc3cccc1c23. The highest BCUT2D eigenvalue weighted by atomic mass is 16.3. The lowest BCUT2D eigenvalue weighted by Crippen LogP contribution is -2.29. The van der Waals surface area contributed by atoms with Gasteiger partial charge in [-0.15, -0.1) is 0 Å². The Kier molecular flexibility index (Phi) is 2.48. The van der Waals surface area contributed by atoms with Gasteiger partial charge in [-0.1, -0.05) is 36.4 Å². The monoisotopic (exact) mass is 274 g/mol. The fourth-order valence-electron chi connectivity index (χ4n) is 2.88. The van der Waals surface area contributed by atoms with E-state index in [-0.39, 0.29) is 5.75 Å². The lowest BCUT2D eigenvalue weighted by Gasteiger charge is -2.28. The van der Waals surface area contributed by atoms with Gasteiger partial charge in [0, 0.05) is 12.4 Å². The fourth-order valence-corrected chi connectivity index (χ4v) is 2.88. The molecule has 21 heavy (non-hydrogen) atoms. The van der Waals surface area contributed by atoms with E-state index in [0.717, 1.165) is 28.2 Å². The molecule has 0 fully saturated rings. The van der Waals surface area contributed by atoms with Crippen LogP contribution in [0.2, 0.25) is 0 Å². The van der Waals surface area contributed by atoms with E-state index in [1.54, 1.807) is 6.07 Å². The molecule has 0 aliphatic carbocycles. The first-order chi connectivity index (χ1) is 10.3. The Hall–Kier alpha value is -2.81. The van der Waals surface area contributed by atoms with Gasteiger partial charge in [-0.05, 0) is 29.7 Å². The van der Waals surface area contributed by atoms with Crippen molar-refractivity contribution in [2.75, 3.05) is 11.9 Å². The molecule has 102 valence electrons. The zero-order valence-electron chi connectivity index (χ0n) is 11.6. The summed E-state index contributed by atoms with van der Waals surface area (Å²) in [5.41, 5.74) is 2.79. The number of amidine groups is 1. The molecular weight excluding hydrogens is 260 g/mol. The minimum absolute atomic E-state index is 0.245. The van der Waals surface area contributed by atoms with E-state index in [2.05, 4.69) is 18.2 Å². The van der Waals surface area contributed by atoms with Crippen LogP contribution in [0.1, 0.15) is 5.56 Å². The van der Waals surface area contributed by atoms with E-state index in [4.69, 9.17) is 4.99 Å². The first kappa shape index (κ1) is 12.0. The number of aliphatic imine (C=N–C) groups is 1. The number of para-hydroxylation sites is 1. The third kappa shape index (κ3) is 1.71. The van der Waals surface area contributed by atoms with Gasteiger partial charge >= 0.3 is 0 Å². The number of hydrogen-bond donors (Lipinski definition) is 1. The number of phenols is 1. The third-order valence-electron chi connectivity index (χ3n) is 3.91. The predicted molar refractivity (Wildman–Crippen MR) is 86.7 cm³/mol. The number of anilines is 1. The van der Waals surface area contributed by atoms with Crippen LogP contribution < -0.4 is 4.90 Å². The van der Waals surface area contributed by atoms with E-state index in [9.17, 15) is 5.11 Å². The summed E-state index contributed by atoms with van der Waals surface area (Å²) in [7, 11) is 1.98. The quantitative estimate of drug-likeness (QED) is 0.726. The number of hydrogen-bond acceptors (Lipinski definition) is 3. The van der Waals surface area contributed by atoms with Crippen LogP contribution in [-0.2, 0) is 0 Å². The molecule has 0 unspecified atom stereocenters. The van der Waals surface area contributed by atoms with Crippen molar-refractivity contribution in [2.24, 2.45) is 4.99 Å². The Balaban J connectivity index is 2.02. The molecule has 0 spiro atoms. The van der Waals surface area contributed by atoms with Gasteiger partial charge in [-0.3, -0.25) is 0 Å². The molecule has 3 aromatic rings. The van der Waals surface area contributed by atoms with E-state index < -0.39 is 0 Å². The van der Waals surface area contributed by atoms with Crippen molar-refractivity contribution in [3.63, 3.8) is 0 Å². The average molecular weight is 274 g/mol. The van der Waals surface area contributed by atoms with Crippen LogP contribution in [-0.4, -0.2) is 18.0 Å². The molecule has 1 heterocycles. The Bertz CT molecular complexity index is 878. The summed E-state index contributed by atoms with van der Waals surface area (Å²) in [6.45, 7) is 0. The van der Waals surface area contributed by atoms with Gasteiger partial charge < -0.3 is 10.0 Å². The van der Waals surface area contributed by atoms with E-state index in [1.807, 2.05) is 48.3 Å². The molecule has 0 bridgehead atoms. The zero-order chi connectivity index (χ0) is 14.4. The highest BCUT2D eigenvalue weighted by molar-refractivity contribution is 6.20. The van der Waals surface area contributed by atoms with Crippen molar-refractivity contribution in [1.29, 1.82) is 0 Å². The molecule has 4 rings (SSSR count). The molecule has 3 heteroatoms. The first-order valence-electron chi connectivity index (χ1n) is 6.88. The standard InChI is InChI=1S/C18H14N2O/c1-20-15-10-5-7-12-6-4-9-14(17(12)15)19-18(20)13-8-2-3-11-16(13)21/h2-11,21H,1H3. The summed E-state index contributed by atoms with van der Waals surface area (Å²) in [6, 6.07) is 19.6. The maximum absolute atomic E-state index is 10.1. The van der Waals surface area contributed by atoms with Gasteiger partial charge in [0.15, 0.2) is 0 Å². The maximum atomic E-state index is 10.1. The molecule has 1 aliphatic heterocycles. The van der Waals surface area contributed by atoms with Gasteiger partial charge in [0.2, 0.25) is 0 Å². The van der Waals surface area contributed by atoms with Crippen molar-refractivity contribution in [1.82, 2.24) is 0 Å². The number of benzene rings is 3. The second-order valence-corrected chi connectivity index (χ2v) is 5.16. The Morgan fingerprint density at radius 3 is 2.48 bits per heavy atom. The minimum atomic E-state index is 0.245. The lowest BCUT2D eigenvalue weighted by molar-refractivity contribution is 0.474. The van der Waals surface area contributed by atoms with Gasteiger partial charge in [0.25, 0.3) is 0 Å². The number of rotatable bonds is 1. The topological polar surface area (TPSA) is 35.8 Å². The van der Waals surface area contributed by atoms with Gasteiger partial charge in [-0.2, -0.15) is 0 Å². The molecule has 1 N–H and O–H groups in total. The Labute approximate surface area is 122 Å². The second kappa shape index (κ2) is 4.35. The predicted octanol–water partition coefficient (Wildman–Crippen LogP) is 4.07. The molecule has 3 aromatic carbocycles. The molecule has 3 nitrogen and oxygen atoms in total. The van der Waals surface area contributed by atoms with Crippen LogP contribution in [0.3, 0.4) is 0 Å². The second-order valence-electron chi connectivity index (χ2n) is 5.16. The minimum Gasteiger partial charge on any atom is -0.507 e. The lowest BCUT2D eigenvalue weighted by atomic mass is 10.0. The number of phenolic OH excluding ortho intramolecular Hbond substituents is 1. The van der Waals surface area contributed by atoms with Gasteiger partial charge in [-0.25, -0.2) is 4.99 Å². The van der Waals surface area contributed by atoms with Crippen LogP contribution in [0.15, 0.2) is 65.7 Å². The summed E-state index contributed by atoms with van der Waals surface area (Å²) < 4.78 is 0. The van der Waals surface area contributed by atoms with Gasteiger partial charge in [0.1, 0.15) is 11.6 Å². The Morgan fingerprint density at radius 1 is 0.905 bits per heavy atom. The molecule has 0 aromatic heterocycles. The molecule has 0 amide bonds. The molecular formula is C18H14N2O.